The van der Waals surface area contributed by atoms with Crippen molar-refractivity contribution < 1.29 is 13.6 Å². The number of anilines is 3. The summed E-state index contributed by atoms with van der Waals surface area (Å²) in [5, 5.41) is 8.37. The van der Waals surface area contributed by atoms with Gasteiger partial charge in [-0.1, -0.05) is 19.9 Å². The lowest BCUT2D eigenvalue weighted by Crippen LogP contribution is -2.38. The SMILES string of the molecule is Cc1ccc([C@H](Nc2c(Nc3c(F)ccc4c3C(=O)NC4)c(=O)c2=O)C(C)C)o1. The molecule has 0 radical (unpaired) electrons. The van der Waals surface area contributed by atoms with E-state index in [-0.39, 0.29) is 41.1 Å². The summed E-state index contributed by atoms with van der Waals surface area (Å²) in [6.45, 7) is 5.99. The molecule has 29 heavy (non-hydrogen) atoms. The van der Waals surface area contributed by atoms with Crippen molar-refractivity contribution in [3.05, 3.63) is 73.2 Å². The zero-order valence-electron chi connectivity index (χ0n) is 16.2. The van der Waals surface area contributed by atoms with Crippen LogP contribution in [0.25, 0.3) is 0 Å². The maximum atomic E-state index is 14.5. The number of carbonyl (C=O) groups is 1. The summed E-state index contributed by atoms with van der Waals surface area (Å²) in [7, 11) is 0. The van der Waals surface area contributed by atoms with Crippen LogP contribution in [-0.4, -0.2) is 5.91 Å². The third-order valence-corrected chi connectivity index (χ3v) is 5.10. The molecule has 0 saturated carbocycles. The average Bonchev–Trinajstić information content (AvgIpc) is 3.28. The van der Waals surface area contributed by atoms with Crippen molar-refractivity contribution >= 4 is 23.0 Å². The topological polar surface area (TPSA) is 100 Å². The highest BCUT2D eigenvalue weighted by Gasteiger charge is 2.30. The number of hydrogen-bond donors (Lipinski definition) is 3. The highest BCUT2D eigenvalue weighted by molar-refractivity contribution is 6.04. The lowest BCUT2D eigenvalue weighted by molar-refractivity contribution is 0.0966. The number of carbonyl (C=O) groups excluding carboxylic acids is 1. The van der Waals surface area contributed by atoms with Gasteiger partial charge in [-0.3, -0.25) is 14.4 Å². The molecule has 1 aromatic heterocycles. The van der Waals surface area contributed by atoms with Crippen LogP contribution < -0.4 is 26.8 Å². The number of halogens is 1. The Morgan fingerprint density at radius 3 is 2.41 bits per heavy atom. The van der Waals surface area contributed by atoms with E-state index in [1.54, 1.807) is 6.07 Å². The Labute approximate surface area is 165 Å². The molecule has 0 fully saturated rings. The Hall–Kier alpha value is -3.42. The minimum absolute atomic E-state index is 0.0429. The highest BCUT2D eigenvalue weighted by atomic mass is 19.1. The van der Waals surface area contributed by atoms with E-state index in [1.165, 1.54) is 12.1 Å². The Balaban J connectivity index is 1.70. The summed E-state index contributed by atoms with van der Waals surface area (Å²) in [5.41, 5.74) is -0.805. The number of hydrogen-bond acceptors (Lipinski definition) is 6. The van der Waals surface area contributed by atoms with Gasteiger partial charge < -0.3 is 20.4 Å². The maximum Gasteiger partial charge on any atom is 0.254 e. The third-order valence-electron chi connectivity index (χ3n) is 5.10. The minimum Gasteiger partial charge on any atom is -0.464 e. The van der Waals surface area contributed by atoms with Crippen molar-refractivity contribution in [3.63, 3.8) is 0 Å². The summed E-state index contributed by atoms with van der Waals surface area (Å²) in [6.07, 6.45) is 0. The van der Waals surface area contributed by atoms with Crippen LogP contribution in [0.1, 0.15) is 47.3 Å². The second kappa shape index (κ2) is 6.88. The molecule has 3 N–H and O–H groups in total. The Morgan fingerprint density at radius 1 is 1.03 bits per heavy atom. The molecule has 0 unspecified atom stereocenters. The van der Waals surface area contributed by atoms with E-state index in [2.05, 4.69) is 16.0 Å². The van der Waals surface area contributed by atoms with Gasteiger partial charge in [0.1, 0.15) is 28.7 Å². The van der Waals surface area contributed by atoms with Crippen molar-refractivity contribution in [2.24, 2.45) is 5.92 Å². The van der Waals surface area contributed by atoms with Crippen LogP contribution in [0.2, 0.25) is 0 Å². The smallest absolute Gasteiger partial charge is 0.254 e. The molecule has 2 aromatic carbocycles. The van der Waals surface area contributed by atoms with Crippen molar-refractivity contribution in [2.45, 2.75) is 33.4 Å². The molecule has 1 aliphatic heterocycles. The molecule has 0 aliphatic carbocycles. The molecule has 1 aliphatic rings. The molecule has 0 spiro atoms. The van der Waals surface area contributed by atoms with E-state index in [0.717, 1.165) is 5.76 Å². The second-order valence-electron chi connectivity index (χ2n) is 7.49. The summed E-state index contributed by atoms with van der Waals surface area (Å²) >= 11 is 0. The molecule has 3 aromatic rings. The van der Waals surface area contributed by atoms with E-state index in [9.17, 15) is 18.8 Å². The van der Waals surface area contributed by atoms with E-state index in [4.69, 9.17) is 4.42 Å². The number of aryl methyl sites for hydroxylation is 1. The number of fused-ring (bicyclic) bond motifs is 1. The largest absolute Gasteiger partial charge is 0.464 e. The predicted octanol–water partition coefficient (Wildman–Crippen LogP) is 3.12. The van der Waals surface area contributed by atoms with Crippen LogP contribution in [0.5, 0.6) is 0 Å². The molecule has 2 heterocycles. The van der Waals surface area contributed by atoms with E-state index in [0.29, 0.717) is 11.3 Å². The first-order valence-electron chi connectivity index (χ1n) is 9.30. The van der Waals surface area contributed by atoms with Crippen molar-refractivity contribution in [2.75, 3.05) is 10.6 Å². The van der Waals surface area contributed by atoms with Gasteiger partial charge in [0.2, 0.25) is 0 Å². The highest BCUT2D eigenvalue weighted by Crippen LogP contribution is 2.34. The molecular weight excluding hydrogens is 377 g/mol. The lowest BCUT2D eigenvalue weighted by Gasteiger charge is -2.24. The molecule has 0 bridgehead atoms. The first kappa shape index (κ1) is 18.9. The minimum atomic E-state index is -0.763. The van der Waals surface area contributed by atoms with Gasteiger partial charge in [0.05, 0.1) is 17.3 Å². The molecule has 4 rings (SSSR count). The molecule has 8 heteroatoms. The average molecular weight is 397 g/mol. The molecule has 1 amide bonds. The normalized spacial score (nSPS) is 14.2. The fourth-order valence-corrected chi connectivity index (χ4v) is 3.53. The van der Waals surface area contributed by atoms with Gasteiger partial charge in [0, 0.05) is 6.54 Å². The van der Waals surface area contributed by atoms with E-state index in [1.807, 2.05) is 26.8 Å². The quantitative estimate of drug-likeness (QED) is 0.553. The van der Waals surface area contributed by atoms with Crippen LogP contribution in [0.15, 0.2) is 38.3 Å². The lowest BCUT2D eigenvalue weighted by atomic mass is 10.00. The van der Waals surface area contributed by atoms with Gasteiger partial charge in [0.15, 0.2) is 0 Å². The van der Waals surface area contributed by atoms with Gasteiger partial charge in [0.25, 0.3) is 16.8 Å². The van der Waals surface area contributed by atoms with Crippen LogP contribution in [0, 0.1) is 18.7 Å². The summed E-state index contributed by atoms with van der Waals surface area (Å²) in [4.78, 5) is 36.5. The van der Waals surface area contributed by atoms with Gasteiger partial charge in [-0.05, 0) is 36.6 Å². The Morgan fingerprint density at radius 2 is 1.76 bits per heavy atom. The second-order valence-corrected chi connectivity index (χ2v) is 7.49. The molecule has 1 atom stereocenters. The fraction of sp³-hybridized carbons (Fsp3) is 0.286. The van der Waals surface area contributed by atoms with Gasteiger partial charge >= 0.3 is 0 Å². The zero-order chi connectivity index (χ0) is 20.9. The molecule has 0 saturated heterocycles. The number of nitrogens with one attached hydrogen (secondary N) is 3. The summed E-state index contributed by atoms with van der Waals surface area (Å²) in [6, 6.07) is 6.00. The summed E-state index contributed by atoms with van der Waals surface area (Å²) < 4.78 is 20.1. The van der Waals surface area contributed by atoms with Crippen LogP contribution in [0.4, 0.5) is 21.5 Å². The van der Waals surface area contributed by atoms with Gasteiger partial charge in [-0.2, -0.15) is 0 Å². The molecular formula is C21H20FN3O4. The summed E-state index contributed by atoms with van der Waals surface area (Å²) in [5.74, 6) is 0.288. The van der Waals surface area contributed by atoms with E-state index >= 15 is 0 Å². The van der Waals surface area contributed by atoms with Crippen LogP contribution in [0.3, 0.4) is 0 Å². The number of furan rings is 1. The monoisotopic (exact) mass is 397 g/mol. The van der Waals surface area contributed by atoms with Crippen molar-refractivity contribution in [1.82, 2.24) is 5.32 Å². The Bertz CT molecular complexity index is 1190. The van der Waals surface area contributed by atoms with Crippen LogP contribution in [-0.2, 0) is 6.54 Å². The molecule has 7 nitrogen and oxygen atoms in total. The van der Waals surface area contributed by atoms with Crippen molar-refractivity contribution in [3.8, 4) is 0 Å². The van der Waals surface area contributed by atoms with Crippen molar-refractivity contribution in [1.29, 1.82) is 0 Å². The third kappa shape index (κ3) is 3.10. The molecule has 150 valence electrons. The standard InChI is InChI=1S/C21H20FN3O4/c1-9(2)15(13-7-4-10(3)29-13)24-17-18(20(27)19(17)26)25-16-12(22)6-5-11-8-23-21(28)14(11)16/h4-7,9,15,24-25H,8H2,1-3H3,(H,23,28)/t15-/m1/s1. The van der Waals surface area contributed by atoms with Gasteiger partial charge in [-0.25, -0.2) is 4.39 Å². The van der Waals surface area contributed by atoms with Crippen LogP contribution >= 0.6 is 0 Å². The zero-order valence-corrected chi connectivity index (χ0v) is 16.2. The Kier molecular flexibility index (Phi) is 4.49. The number of amides is 1. The first-order valence-corrected chi connectivity index (χ1v) is 9.30. The first-order chi connectivity index (χ1) is 13.8. The number of rotatable bonds is 6. The van der Waals surface area contributed by atoms with E-state index < -0.39 is 22.6 Å². The predicted molar refractivity (Wildman–Crippen MR) is 107 cm³/mol. The fourth-order valence-electron chi connectivity index (χ4n) is 3.53. The number of benzene rings is 1. The van der Waals surface area contributed by atoms with Gasteiger partial charge in [-0.15, -0.1) is 0 Å². The maximum absolute atomic E-state index is 14.5.